The average molecular weight is 632 g/mol. The van der Waals surface area contributed by atoms with Gasteiger partial charge in [0.1, 0.15) is 16.5 Å². The van der Waals surface area contributed by atoms with E-state index in [1.807, 2.05) is 4.90 Å². The van der Waals surface area contributed by atoms with E-state index in [2.05, 4.69) is 21.8 Å². The molecule has 1 atom stereocenters. The van der Waals surface area contributed by atoms with Gasteiger partial charge in [-0.2, -0.15) is 13.2 Å². The fraction of sp³-hybridized carbons (Fsp3) is 0.516. The highest BCUT2D eigenvalue weighted by atomic mass is 32.1. The maximum absolute atomic E-state index is 13.7. The van der Waals surface area contributed by atoms with Crippen molar-refractivity contribution in [1.82, 2.24) is 19.9 Å². The van der Waals surface area contributed by atoms with Crippen molar-refractivity contribution in [1.29, 1.82) is 0 Å². The Hall–Kier alpha value is -3.42. The molecule has 44 heavy (non-hydrogen) atoms. The molecule has 0 bridgehead atoms. The standard InChI is InChI=1S/C31H36F3N5O4S/c1-4-21-6-5-11-39(21)18-25-28(20-8-7-19(2)22(14-20)31(32,33)34)37-27(44-25)15-24(40)23-16-36-26(17-35-23)38-12-9-30(43-3,10-13-38)29(41)42/h7-8,14,16-17,21H,4-6,9-13,15,18H2,1-3H3,(H,41,42)/t21-/m1/s1. The molecule has 2 aliphatic rings. The Morgan fingerprint density at radius 2 is 1.91 bits per heavy atom. The normalized spacial score (nSPS) is 19.0. The number of aromatic nitrogens is 3. The van der Waals surface area contributed by atoms with Gasteiger partial charge in [-0.15, -0.1) is 11.3 Å². The Balaban J connectivity index is 1.35. The number of Topliss-reactive ketones (excluding diaryl/α,β-unsaturated/α-hetero) is 1. The second kappa shape index (κ2) is 12.9. The molecule has 0 saturated carbocycles. The number of ether oxygens (including phenoxy) is 1. The number of rotatable bonds is 10. The fourth-order valence-electron chi connectivity index (χ4n) is 6.09. The summed E-state index contributed by atoms with van der Waals surface area (Å²) in [7, 11) is 1.40. The lowest BCUT2D eigenvalue weighted by Gasteiger charge is -2.38. The first kappa shape index (κ1) is 32.0. The largest absolute Gasteiger partial charge is 0.479 e. The van der Waals surface area contributed by atoms with Gasteiger partial charge >= 0.3 is 12.1 Å². The number of aliphatic carboxylic acids is 1. The number of hydrogen-bond acceptors (Lipinski definition) is 9. The first-order valence-corrected chi connectivity index (χ1v) is 15.6. The van der Waals surface area contributed by atoms with Crippen molar-refractivity contribution in [2.75, 3.05) is 31.6 Å². The summed E-state index contributed by atoms with van der Waals surface area (Å²) in [4.78, 5) is 43.4. The molecule has 0 aliphatic carbocycles. The summed E-state index contributed by atoms with van der Waals surface area (Å²) in [5, 5.41) is 10.0. The third-order valence-electron chi connectivity index (χ3n) is 8.79. The summed E-state index contributed by atoms with van der Waals surface area (Å²) in [6.07, 6.45) is 2.07. The lowest BCUT2D eigenvalue weighted by molar-refractivity contribution is -0.164. The molecule has 3 aromatic rings. The van der Waals surface area contributed by atoms with Crippen molar-refractivity contribution >= 4 is 28.9 Å². The van der Waals surface area contributed by atoms with Gasteiger partial charge in [0.15, 0.2) is 11.4 Å². The average Bonchev–Trinajstić information content (AvgIpc) is 3.63. The first-order chi connectivity index (χ1) is 20.9. The Kier molecular flexibility index (Phi) is 9.38. The summed E-state index contributed by atoms with van der Waals surface area (Å²) in [5.74, 6) is -0.758. The molecule has 1 N–H and O–H groups in total. The number of alkyl halides is 3. The summed E-state index contributed by atoms with van der Waals surface area (Å²) in [6, 6.07) is 4.68. The van der Waals surface area contributed by atoms with Crippen LogP contribution in [0.25, 0.3) is 11.3 Å². The number of anilines is 1. The summed E-state index contributed by atoms with van der Waals surface area (Å²) < 4.78 is 46.5. The van der Waals surface area contributed by atoms with Crippen LogP contribution in [0.3, 0.4) is 0 Å². The zero-order valence-electron chi connectivity index (χ0n) is 25.0. The number of nitrogens with zero attached hydrogens (tertiary/aromatic N) is 5. The van der Waals surface area contributed by atoms with E-state index in [-0.39, 0.29) is 36.3 Å². The van der Waals surface area contributed by atoms with Crippen LogP contribution in [0.1, 0.15) is 70.5 Å². The predicted octanol–water partition coefficient (Wildman–Crippen LogP) is 5.80. The van der Waals surface area contributed by atoms with Crippen LogP contribution in [0.4, 0.5) is 19.0 Å². The molecule has 9 nitrogen and oxygen atoms in total. The van der Waals surface area contributed by atoms with E-state index in [1.165, 1.54) is 43.8 Å². The van der Waals surface area contributed by atoms with E-state index in [0.29, 0.717) is 47.8 Å². The molecule has 0 spiro atoms. The number of hydrogen-bond donors (Lipinski definition) is 1. The van der Waals surface area contributed by atoms with Gasteiger partial charge in [0.25, 0.3) is 0 Å². The highest BCUT2D eigenvalue weighted by molar-refractivity contribution is 7.12. The van der Waals surface area contributed by atoms with Crippen molar-refractivity contribution in [2.45, 2.75) is 76.7 Å². The van der Waals surface area contributed by atoms with Crippen molar-refractivity contribution in [3.8, 4) is 11.3 Å². The second-order valence-electron chi connectivity index (χ2n) is 11.4. The van der Waals surface area contributed by atoms with Crippen molar-refractivity contribution < 1.29 is 32.6 Å². The van der Waals surface area contributed by atoms with E-state index in [4.69, 9.17) is 9.72 Å². The minimum atomic E-state index is -4.49. The van der Waals surface area contributed by atoms with Crippen LogP contribution in [-0.2, 0) is 28.7 Å². The minimum absolute atomic E-state index is 0.0560. The third kappa shape index (κ3) is 6.64. The van der Waals surface area contributed by atoms with E-state index in [1.54, 1.807) is 6.07 Å². The molecule has 0 unspecified atom stereocenters. The van der Waals surface area contributed by atoms with Gasteiger partial charge in [-0.1, -0.05) is 19.1 Å². The lowest BCUT2D eigenvalue weighted by atomic mass is 9.91. The Bertz CT molecular complexity index is 1500. The molecular weight excluding hydrogens is 595 g/mol. The number of carbonyl (C=O) groups is 2. The number of ketones is 1. The summed E-state index contributed by atoms with van der Waals surface area (Å²) >= 11 is 1.35. The molecular formula is C31H36F3N5O4S. The summed E-state index contributed by atoms with van der Waals surface area (Å²) in [6.45, 7) is 5.88. The number of halogens is 3. The molecule has 5 rings (SSSR count). The quantitative estimate of drug-likeness (QED) is 0.278. The highest BCUT2D eigenvalue weighted by Gasteiger charge is 2.42. The fourth-order valence-corrected chi connectivity index (χ4v) is 7.21. The number of aryl methyl sites for hydroxylation is 1. The number of benzene rings is 1. The van der Waals surface area contributed by atoms with Gasteiger partial charge in [-0.25, -0.2) is 19.7 Å². The van der Waals surface area contributed by atoms with Gasteiger partial charge in [0.2, 0.25) is 0 Å². The van der Waals surface area contributed by atoms with Crippen molar-refractivity contribution in [3.63, 3.8) is 0 Å². The molecule has 0 amide bonds. The zero-order chi connectivity index (χ0) is 31.6. The van der Waals surface area contributed by atoms with Crippen LogP contribution in [0.2, 0.25) is 0 Å². The van der Waals surface area contributed by atoms with Crippen LogP contribution >= 0.6 is 11.3 Å². The van der Waals surface area contributed by atoms with Crippen LogP contribution in [0.15, 0.2) is 30.6 Å². The highest BCUT2D eigenvalue weighted by Crippen LogP contribution is 2.38. The topological polar surface area (TPSA) is 109 Å². The van der Waals surface area contributed by atoms with Gasteiger partial charge in [-0.3, -0.25) is 9.69 Å². The lowest BCUT2D eigenvalue weighted by Crippen LogP contribution is -2.51. The summed E-state index contributed by atoms with van der Waals surface area (Å²) in [5.41, 5.74) is -0.758. The number of carbonyl (C=O) groups excluding carboxylic acids is 1. The van der Waals surface area contributed by atoms with Crippen molar-refractivity contribution in [3.05, 3.63) is 57.3 Å². The molecule has 2 saturated heterocycles. The van der Waals surface area contributed by atoms with E-state index < -0.39 is 23.3 Å². The molecule has 2 aromatic heterocycles. The SMILES string of the molecule is CC[C@@H]1CCCN1Cc1sc(CC(=O)c2cnc(N3CCC(OC)(C(=O)O)CC3)cn2)nc1-c1ccc(C)c(C(F)(F)F)c1. The van der Waals surface area contributed by atoms with E-state index >= 15 is 0 Å². The third-order valence-corrected chi connectivity index (χ3v) is 9.83. The van der Waals surface area contributed by atoms with Gasteiger partial charge < -0.3 is 14.7 Å². The minimum Gasteiger partial charge on any atom is -0.479 e. The molecule has 13 heteroatoms. The van der Waals surface area contributed by atoms with Crippen LogP contribution in [0, 0.1) is 6.92 Å². The van der Waals surface area contributed by atoms with E-state index in [0.717, 1.165) is 36.8 Å². The number of thiazole rings is 1. The van der Waals surface area contributed by atoms with Gasteiger partial charge in [0, 0.05) is 56.1 Å². The maximum atomic E-state index is 13.7. The number of likely N-dealkylation sites (tertiary alicyclic amines) is 1. The Morgan fingerprint density at radius 1 is 1.16 bits per heavy atom. The first-order valence-electron chi connectivity index (χ1n) is 14.7. The Morgan fingerprint density at radius 3 is 2.52 bits per heavy atom. The number of carboxylic acids is 1. The van der Waals surface area contributed by atoms with Gasteiger partial charge in [0.05, 0.1) is 30.1 Å². The molecule has 4 heterocycles. The number of piperidine rings is 1. The van der Waals surface area contributed by atoms with Crippen molar-refractivity contribution in [2.24, 2.45) is 0 Å². The molecule has 2 fully saturated rings. The smallest absolute Gasteiger partial charge is 0.416 e. The predicted molar refractivity (Wildman–Crippen MR) is 160 cm³/mol. The Labute approximate surface area is 258 Å². The van der Waals surface area contributed by atoms with Crippen LogP contribution in [0.5, 0.6) is 0 Å². The number of methoxy groups -OCH3 is 1. The monoisotopic (exact) mass is 631 g/mol. The van der Waals surface area contributed by atoms with Gasteiger partial charge in [-0.05, 0) is 44.4 Å². The number of carboxylic acid groups (broad SMARTS) is 1. The molecule has 1 aromatic carbocycles. The van der Waals surface area contributed by atoms with Crippen LogP contribution in [-0.4, -0.2) is 75.1 Å². The molecule has 2 aliphatic heterocycles. The zero-order valence-corrected chi connectivity index (χ0v) is 25.8. The molecule has 0 radical (unpaired) electrons. The van der Waals surface area contributed by atoms with Crippen LogP contribution < -0.4 is 4.90 Å². The van der Waals surface area contributed by atoms with E-state index in [9.17, 15) is 27.9 Å². The second-order valence-corrected chi connectivity index (χ2v) is 12.6. The molecule has 236 valence electrons. The maximum Gasteiger partial charge on any atom is 0.416 e.